The summed E-state index contributed by atoms with van der Waals surface area (Å²) >= 11 is 0. The topological polar surface area (TPSA) is 58.4 Å². The van der Waals surface area contributed by atoms with Crippen LogP contribution in [0.4, 0.5) is 11.7 Å². The molecule has 1 amide bonds. The molecule has 1 aliphatic rings. The van der Waals surface area contributed by atoms with E-state index in [-0.39, 0.29) is 5.91 Å². The molecule has 1 aromatic carbocycles. The molecule has 19 heavy (non-hydrogen) atoms. The van der Waals surface area contributed by atoms with E-state index in [1.54, 1.807) is 18.1 Å². The Bertz CT molecular complexity index is 633. The molecule has 0 saturated heterocycles. The van der Waals surface area contributed by atoms with Crippen LogP contribution >= 0.6 is 0 Å². The molecule has 2 aromatic rings. The van der Waals surface area contributed by atoms with Gasteiger partial charge >= 0.3 is 0 Å². The fourth-order valence-electron chi connectivity index (χ4n) is 2.33. The second-order valence-corrected chi connectivity index (χ2v) is 4.58. The van der Waals surface area contributed by atoms with Crippen molar-refractivity contribution in [3.8, 4) is 11.3 Å². The summed E-state index contributed by atoms with van der Waals surface area (Å²) in [6.07, 6.45) is 3.04. The lowest BCUT2D eigenvalue weighted by Crippen LogP contribution is -2.30. The third-order valence-corrected chi connectivity index (χ3v) is 3.43. The number of nitrogens with zero attached hydrogens (tertiary/aromatic N) is 2. The highest BCUT2D eigenvalue weighted by Gasteiger charge is 2.21. The molecule has 0 saturated carbocycles. The molecule has 2 heterocycles. The monoisotopic (exact) mass is 257 g/mol. The highest BCUT2D eigenvalue weighted by Crippen LogP contribution is 2.31. The molecule has 1 aliphatic heterocycles. The maximum atomic E-state index is 11.6. The van der Waals surface area contributed by atoms with Crippen molar-refractivity contribution in [2.75, 3.05) is 24.3 Å². The molecular weight excluding hydrogens is 242 g/mol. The number of amides is 1. The number of carbonyl (C=O) groups is 1. The lowest BCUT2D eigenvalue weighted by molar-refractivity contribution is -0.118. The first kappa shape index (κ1) is 11.8. The molecule has 5 heteroatoms. The quantitative estimate of drug-likeness (QED) is 0.896. The minimum atomic E-state index is 0.164. The lowest BCUT2D eigenvalue weighted by Gasteiger charge is -2.25. The molecular formula is C14H15N3O2. The number of benzene rings is 1. The van der Waals surface area contributed by atoms with Crippen molar-refractivity contribution in [3.05, 3.63) is 30.0 Å². The van der Waals surface area contributed by atoms with Gasteiger partial charge < -0.3 is 14.6 Å². The van der Waals surface area contributed by atoms with Crippen LogP contribution in [0.15, 0.2) is 28.8 Å². The van der Waals surface area contributed by atoms with Gasteiger partial charge in [-0.25, -0.2) is 4.98 Å². The van der Waals surface area contributed by atoms with Crippen LogP contribution in [0.5, 0.6) is 0 Å². The third-order valence-electron chi connectivity index (χ3n) is 3.43. The van der Waals surface area contributed by atoms with Crippen LogP contribution in [0.2, 0.25) is 0 Å². The van der Waals surface area contributed by atoms with E-state index in [0.29, 0.717) is 12.4 Å². The summed E-state index contributed by atoms with van der Waals surface area (Å²) in [5, 5.41) is 2.86. The number of hydrogen-bond donors (Lipinski definition) is 1. The van der Waals surface area contributed by atoms with Gasteiger partial charge in [0.2, 0.25) is 5.91 Å². The zero-order valence-electron chi connectivity index (χ0n) is 10.9. The van der Waals surface area contributed by atoms with Gasteiger partial charge in [0.1, 0.15) is 0 Å². The van der Waals surface area contributed by atoms with E-state index < -0.39 is 0 Å². The molecule has 1 N–H and O–H groups in total. The summed E-state index contributed by atoms with van der Waals surface area (Å²) in [4.78, 5) is 17.5. The van der Waals surface area contributed by atoms with Crippen LogP contribution < -0.4 is 10.2 Å². The first-order valence-electron chi connectivity index (χ1n) is 6.22. The lowest BCUT2D eigenvalue weighted by atomic mass is 9.98. The van der Waals surface area contributed by atoms with Gasteiger partial charge in [-0.3, -0.25) is 4.79 Å². The molecule has 0 aliphatic carbocycles. The van der Waals surface area contributed by atoms with Crippen molar-refractivity contribution in [2.45, 2.75) is 12.8 Å². The average molecular weight is 257 g/mol. The number of fused-ring (bicyclic) bond motifs is 1. The Morgan fingerprint density at radius 3 is 2.95 bits per heavy atom. The SMILES string of the molecule is CNc1ncc(-c2ccc3c(c2)CCC(=O)N3C)o1. The Balaban J connectivity index is 1.99. The van der Waals surface area contributed by atoms with Gasteiger partial charge in [0, 0.05) is 31.8 Å². The summed E-state index contributed by atoms with van der Waals surface area (Å²) in [7, 11) is 3.58. The smallest absolute Gasteiger partial charge is 0.294 e. The number of oxazole rings is 1. The van der Waals surface area contributed by atoms with E-state index in [1.165, 1.54) is 5.56 Å². The van der Waals surface area contributed by atoms with Crippen molar-refractivity contribution < 1.29 is 9.21 Å². The fraction of sp³-hybridized carbons (Fsp3) is 0.286. The predicted octanol–water partition coefficient (Wildman–Crippen LogP) is 2.29. The molecule has 98 valence electrons. The molecule has 0 spiro atoms. The van der Waals surface area contributed by atoms with Gasteiger partial charge in [-0.1, -0.05) is 0 Å². The predicted molar refractivity (Wildman–Crippen MR) is 73.2 cm³/mol. The maximum Gasteiger partial charge on any atom is 0.294 e. The maximum absolute atomic E-state index is 11.6. The van der Waals surface area contributed by atoms with E-state index in [0.717, 1.165) is 23.4 Å². The fourth-order valence-corrected chi connectivity index (χ4v) is 2.33. The van der Waals surface area contributed by atoms with Crippen molar-refractivity contribution in [1.29, 1.82) is 0 Å². The number of hydrogen-bond acceptors (Lipinski definition) is 4. The molecule has 0 radical (unpaired) electrons. The number of anilines is 2. The molecule has 0 unspecified atom stereocenters. The molecule has 3 rings (SSSR count). The number of nitrogens with one attached hydrogen (secondary N) is 1. The third kappa shape index (κ3) is 1.97. The van der Waals surface area contributed by atoms with Crippen LogP contribution in [-0.4, -0.2) is 25.0 Å². The van der Waals surface area contributed by atoms with E-state index >= 15 is 0 Å². The number of aromatic nitrogens is 1. The molecule has 0 bridgehead atoms. The van der Waals surface area contributed by atoms with Gasteiger partial charge in [-0.15, -0.1) is 0 Å². The van der Waals surface area contributed by atoms with E-state index in [4.69, 9.17) is 4.42 Å². The van der Waals surface area contributed by atoms with Crippen LogP contribution in [0, 0.1) is 0 Å². The summed E-state index contributed by atoms with van der Waals surface area (Å²) < 4.78 is 5.56. The Kier molecular flexibility index (Phi) is 2.74. The summed E-state index contributed by atoms with van der Waals surface area (Å²) in [5.41, 5.74) is 3.13. The highest BCUT2D eigenvalue weighted by atomic mass is 16.4. The van der Waals surface area contributed by atoms with Gasteiger partial charge in [-0.05, 0) is 30.2 Å². The summed E-state index contributed by atoms with van der Waals surface area (Å²) in [6.45, 7) is 0. The number of rotatable bonds is 2. The van der Waals surface area contributed by atoms with Crippen molar-refractivity contribution in [1.82, 2.24) is 4.98 Å². The largest absolute Gasteiger partial charge is 0.424 e. The Morgan fingerprint density at radius 1 is 1.37 bits per heavy atom. The van der Waals surface area contributed by atoms with E-state index in [2.05, 4.69) is 16.4 Å². The molecule has 5 nitrogen and oxygen atoms in total. The summed E-state index contributed by atoms with van der Waals surface area (Å²) in [5.74, 6) is 0.893. The van der Waals surface area contributed by atoms with Gasteiger partial charge in [0.15, 0.2) is 5.76 Å². The second-order valence-electron chi connectivity index (χ2n) is 4.58. The van der Waals surface area contributed by atoms with Gasteiger partial charge in [0.25, 0.3) is 6.01 Å². The van der Waals surface area contributed by atoms with Gasteiger partial charge in [-0.2, -0.15) is 0 Å². The van der Waals surface area contributed by atoms with Crippen molar-refractivity contribution in [2.24, 2.45) is 0 Å². The normalized spacial score (nSPS) is 14.4. The van der Waals surface area contributed by atoms with Crippen LogP contribution in [0.1, 0.15) is 12.0 Å². The highest BCUT2D eigenvalue weighted by molar-refractivity contribution is 5.96. The average Bonchev–Trinajstić information content (AvgIpc) is 2.91. The number of aryl methyl sites for hydroxylation is 1. The van der Waals surface area contributed by atoms with E-state index in [1.807, 2.05) is 19.2 Å². The van der Waals surface area contributed by atoms with Gasteiger partial charge in [0.05, 0.1) is 6.20 Å². The zero-order valence-corrected chi connectivity index (χ0v) is 10.9. The minimum absolute atomic E-state index is 0.164. The number of carbonyl (C=O) groups excluding carboxylic acids is 1. The van der Waals surface area contributed by atoms with Crippen LogP contribution in [-0.2, 0) is 11.2 Å². The minimum Gasteiger partial charge on any atom is -0.424 e. The standard InChI is InChI=1S/C14H15N3O2/c1-15-14-16-8-12(19-14)10-3-5-11-9(7-10)4-6-13(18)17(11)2/h3,5,7-8H,4,6H2,1-2H3,(H,15,16). The van der Waals surface area contributed by atoms with Crippen molar-refractivity contribution >= 4 is 17.6 Å². The Hall–Kier alpha value is -2.30. The van der Waals surface area contributed by atoms with Crippen molar-refractivity contribution in [3.63, 3.8) is 0 Å². The first-order valence-corrected chi connectivity index (χ1v) is 6.22. The Labute approximate surface area is 111 Å². The summed E-state index contributed by atoms with van der Waals surface area (Å²) in [6, 6.07) is 6.48. The zero-order chi connectivity index (χ0) is 13.4. The van der Waals surface area contributed by atoms with Crippen LogP contribution in [0.3, 0.4) is 0 Å². The van der Waals surface area contributed by atoms with E-state index in [9.17, 15) is 4.79 Å². The molecule has 0 atom stereocenters. The first-order chi connectivity index (χ1) is 9.19. The molecule has 0 fully saturated rings. The second kappa shape index (κ2) is 4.42. The Morgan fingerprint density at radius 2 is 2.21 bits per heavy atom. The van der Waals surface area contributed by atoms with Crippen LogP contribution in [0.25, 0.3) is 11.3 Å². The molecule has 1 aromatic heterocycles.